The quantitative estimate of drug-likeness (QED) is 0.480. The van der Waals surface area contributed by atoms with Crippen molar-refractivity contribution in [2.24, 2.45) is 0 Å². The van der Waals surface area contributed by atoms with E-state index in [0.717, 1.165) is 11.2 Å². The van der Waals surface area contributed by atoms with Gasteiger partial charge in [-0.3, -0.25) is 9.78 Å². The zero-order chi connectivity index (χ0) is 20.4. The summed E-state index contributed by atoms with van der Waals surface area (Å²) in [5.74, 6) is 0.434. The first-order chi connectivity index (χ1) is 14.0. The maximum atomic E-state index is 12.8. The number of Topliss-reactive ketones (excluding diaryl/α,β-unsaturated/α-hetero) is 1. The van der Waals surface area contributed by atoms with E-state index >= 15 is 0 Å². The fraction of sp³-hybridized carbons (Fsp3) is 0.261. The number of benzene rings is 2. The van der Waals surface area contributed by atoms with E-state index in [1.54, 1.807) is 24.3 Å². The number of aromatic nitrogens is 1. The number of hydrogen-bond donors (Lipinski definition) is 0. The number of rotatable bonds is 5. The lowest BCUT2D eigenvalue weighted by Gasteiger charge is -2.18. The Hall–Kier alpha value is -3.41. The summed E-state index contributed by atoms with van der Waals surface area (Å²) in [4.78, 5) is 29.9. The fourth-order valence-electron chi connectivity index (χ4n) is 3.17. The van der Waals surface area contributed by atoms with Gasteiger partial charge in [0, 0.05) is 16.6 Å². The Morgan fingerprint density at radius 2 is 1.79 bits per heavy atom. The first-order valence-electron chi connectivity index (χ1n) is 9.52. The Morgan fingerprint density at radius 1 is 1.03 bits per heavy atom. The lowest BCUT2D eigenvalue weighted by Crippen LogP contribution is -2.17. The van der Waals surface area contributed by atoms with Crippen LogP contribution in [0, 0.1) is 0 Å². The molecule has 0 aliphatic carbocycles. The van der Waals surface area contributed by atoms with Gasteiger partial charge in [-0.25, -0.2) is 4.79 Å². The molecule has 148 valence electrons. The molecule has 1 aliphatic heterocycles. The van der Waals surface area contributed by atoms with Crippen molar-refractivity contribution in [1.29, 1.82) is 0 Å². The van der Waals surface area contributed by atoms with Gasteiger partial charge >= 0.3 is 5.97 Å². The standard InChI is InChI=1S/C23H21NO5/c1-14(2)19-12-17(16-5-3-4-6-18(16)24-19)23(26)29-13-20(25)15-7-8-21-22(11-15)28-10-9-27-21/h3-8,11-12,14H,9-10,13H2,1-2H3. The normalized spacial score (nSPS) is 12.8. The summed E-state index contributed by atoms with van der Waals surface area (Å²) in [6.45, 7) is 4.59. The molecule has 2 heterocycles. The molecule has 1 aromatic heterocycles. The highest BCUT2D eigenvalue weighted by molar-refractivity contribution is 6.05. The van der Waals surface area contributed by atoms with Crippen molar-refractivity contribution in [3.8, 4) is 11.5 Å². The third kappa shape index (κ3) is 3.92. The molecular weight excluding hydrogens is 370 g/mol. The molecule has 4 rings (SSSR count). The van der Waals surface area contributed by atoms with Crippen LogP contribution in [0.3, 0.4) is 0 Å². The van der Waals surface area contributed by atoms with E-state index in [1.165, 1.54) is 0 Å². The summed E-state index contributed by atoms with van der Waals surface area (Å²) in [6, 6.07) is 14.1. The summed E-state index contributed by atoms with van der Waals surface area (Å²) >= 11 is 0. The Labute approximate surface area is 168 Å². The van der Waals surface area contributed by atoms with Crippen molar-refractivity contribution in [1.82, 2.24) is 4.98 Å². The summed E-state index contributed by atoms with van der Waals surface area (Å²) in [7, 11) is 0. The summed E-state index contributed by atoms with van der Waals surface area (Å²) in [6.07, 6.45) is 0. The van der Waals surface area contributed by atoms with E-state index in [4.69, 9.17) is 14.2 Å². The highest BCUT2D eigenvalue weighted by Crippen LogP contribution is 2.31. The minimum absolute atomic E-state index is 0.158. The smallest absolute Gasteiger partial charge is 0.339 e. The number of carbonyl (C=O) groups is 2. The van der Waals surface area contributed by atoms with E-state index in [-0.39, 0.29) is 18.3 Å². The molecule has 0 fully saturated rings. The molecule has 0 unspecified atom stereocenters. The Kier molecular flexibility index (Phi) is 5.16. The summed E-state index contributed by atoms with van der Waals surface area (Å²) in [5.41, 5.74) is 2.34. The average Bonchev–Trinajstić information content (AvgIpc) is 2.76. The van der Waals surface area contributed by atoms with Crippen LogP contribution in [0.15, 0.2) is 48.5 Å². The minimum atomic E-state index is -0.545. The fourth-order valence-corrected chi connectivity index (χ4v) is 3.17. The SMILES string of the molecule is CC(C)c1cc(C(=O)OCC(=O)c2ccc3c(c2)OCCO3)c2ccccc2n1. The van der Waals surface area contributed by atoms with Crippen LogP contribution in [-0.2, 0) is 4.74 Å². The number of fused-ring (bicyclic) bond motifs is 2. The molecule has 3 aromatic rings. The molecule has 6 nitrogen and oxygen atoms in total. The highest BCUT2D eigenvalue weighted by Gasteiger charge is 2.19. The molecule has 0 amide bonds. The van der Waals surface area contributed by atoms with Crippen LogP contribution in [0.5, 0.6) is 11.5 Å². The van der Waals surface area contributed by atoms with E-state index in [2.05, 4.69) is 4.98 Å². The van der Waals surface area contributed by atoms with Crippen molar-refractivity contribution >= 4 is 22.7 Å². The van der Waals surface area contributed by atoms with Gasteiger partial charge in [-0.1, -0.05) is 32.0 Å². The number of esters is 1. The van der Waals surface area contributed by atoms with Gasteiger partial charge in [0.2, 0.25) is 0 Å². The second-order valence-electron chi connectivity index (χ2n) is 7.12. The molecule has 2 aromatic carbocycles. The van der Waals surface area contributed by atoms with Crippen molar-refractivity contribution in [2.75, 3.05) is 19.8 Å². The van der Waals surface area contributed by atoms with E-state index in [9.17, 15) is 9.59 Å². The second kappa shape index (κ2) is 7.91. The van der Waals surface area contributed by atoms with Crippen molar-refractivity contribution < 1.29 is 23.8 Å². The summed E-state index contributed by atoms with van der Waals surface area (Å²) < 4.78 is 16.3. The molecule has 0 spiro atoms. The molecule has 1 aliphatic rings. The summed E-state index contributed by atoms with van der Waals surface area (Å²) in [5, 5.41) is 0.702. The van der Waals surface area contributed by atoms with E-state index < -0.39 is 5.97 Å². The maximum Gasteiger partial charge on any atom is 0.339 e. The third-order valence-electron chi connectivity index (χ3n) is 4.75. The van der Waals surface area contributed by atoms with E-state index in [1.807, 2.05) is 38.1 Å². The van der Waals surface area contributed by atoms with Crippen molar-refractivity contribution in [2.45, 2.75) is 19.8 Å². The van der Waals surface area contributed by atoms with Crippen molar-refractivity contribution in [3.05, 3.63) is 65.4 Å². The lowest BCUT2D eigenvalue weighted by atomic mass is 10.0. The van der Waals surface area contributed by atoms with Gasteiger partial charge in [-0.05, 0) is 36.2 Å². The molecule has 0 atom stereocenters. The predicted molar refractivity (Wildman–Crippen MR) is 108 cm³/mol. The van der Waals surface area contributed by atoms with Crippen LogP contribution >= 0.6 is 0 Å². The molecule has 6 heteroatoms. The number of para-hydroxylation sites is 1. The zero-order valence-electron chi connectivity index (χ0n) is 16.3. The largest absolute Gasteiger partial charge is 0.486 e. The molecule has 0 saturated carbocycles. The van der Waals surface area contributed by atoms with Gasteiger partial charge in [0.15, 0.2) is 23.9 Å². The van der Waals surface area contributed by atoms with Crippen LogP contribution < -0.4 is 9.47 Å². The number of hydrogen-bond acceptors (Lipinski definition) is 6. The van der Waals surface area contributed by atoms with Crippen LogP contribution in [0.25, 0.3) is 10.9 Å². The second-order valence-corrected chi connectivity index (χ2v) is 7.12. The van der Waals surface area contributed by atoms with Gasteiger partial charge in [0.05, 0.1) is 11.1 Å². The van der Waals surface area contributed by atoms with E-state index in [0.29, 0.717) is 41.2 Å². The minimum Gasteiger partial charge on any atom is -0.486 e. The van der Waals surface area contributed by atoms with Gasteiger partial charge in [-0.15, -0.1) is 0 Å². The van der Waals surface area contributed by atoms with Gasteiger partial charge in [0.25, 0.3) is 0 Å². The maximum absolute atomic E-state index is 12.8. The Morgan fingerprint density at radius 3 is 2.59 bits per heavy atom. The Balaban J connectivity index is 1.53. The zero-order valence-corrected chi connectivity index (χ0v) is 16.3. The average molecular weight is 391 g/mol. The van der Waals surface area contributed by atoms with Gasteiger partial charge in [-0.2, -0.15) is 0 Å². The molecule has 0 N–H and O–H groups in total. The molecule has 0 radical (unpaired) electrons. The first kappa shape index (κ1) is 18.9. The monoisotopic (exact) mass is 391 g/mol. The number of ether oxygens (including phenoxy) is 3. The number of nitrogens with zero attached hydrogens (tertiary/aromatic N) is 1. The van der Waals surface area contributed by atoms with Crippen LogP contribution in [0.4, 0.5) is 0 Å². The molecular formula is C23H21NO5. The number of carbonyl (C=O) groups excluding carboxylic acids is 2. The number of ketones is 1. The molecule has 0 bridgehead atoms. The van der Waals surface area contributed by atoms with Crippen molar-refractivity contribution in [3.63, 3.8) is 0 Å². The topological polar surface area (TPSA) is 74.7 Å². The van der Waals surface area contributed by atoms with Crippen LogP contribution in [0.1, 0.15) is 46.2 Å². The van der Waals surface area contributed by atoms with Gasteiger partial charge < -0.3 is 14.2 Å². The first-order valence-corrected chi connectivity index (χ1v) is 9.52. The lowest BCUT2D eigenvalue weighted by molar-refractivity contribution is 0.0476. The molecule has 0 saturated heterocycles. The Bertz CT molecular complexity index is 1090. The van der Waals surface area contributed by atoms with Gasteiger partial charge in [0.1, 0.15) is 13.2 Å². The van der Waals surface area contributed by atoms with Crippen LogP contribution in [0.2, 0.25) is 0 Å². The van der Waals surface area contributed by atoms with Crippen LogP contribution in [-0.4, -0.2) is 36.6 Å². The number of pyridine rings is 1. The third-order valence-corrected chi connectivity index (χ3v) is 4.75. The molecule has 29 heavy (non-hydrogen) atoms. The highest BCUT2D eigenvalue weighted by atomic mass is 16.6. The predicted octanol–water partition coefficient (Wildman–Crippen LogP) is 4.17.